The summed E-state index contributed by atoms with van der Waals surface area (Å²) in [5.74, 6) is -3.40. The van der Waals surface area contributed by atoms with Crippen molar-refractivity contribution in [2.75, 3.05) is 33.4 Å². The van der Waals surface area contributed by atoms with E-state index in [1.807, 2.05) is 6.92 Å². The molecule has 1 atom stereocenters. The average molecular weight is 622 g/mol. The third kappa shape index (κ3) is 8.25. The fraction of sp³-hybridized carbons (Fsp3) is 0.594. The van der Waals surface area contributed by atoms with Crippen LogP contribution in [-0.4, -0.2) is 69.0 Å². The first-order valence-corrected chi connectivity index (χ1v) is 16.8. The molecule has 1 aliphatic carbocycles. The van der Waals surface area contributed by atoms with Crippen LogP contribution < -0.4 is 15.2 Å². The van der Waals surface area contributed by atoms with Crippen LogP contribution in [0.1, 0.15) is 70.3 Å². The highest BCUT2D eigenvalue weighted by Crippen LogP contribution is 2.38. The minimum atomic E-state index is -4.50. The zero-order valence-electron chi connectivity index (χ0n) is 25.2. The lowest BCUT2D eigenvalue weighted by atomic mass is 9.90. The number of hydrogen-bond acceptors (Lipinski definition) is 6. The lowest BCUT2D eigenvalue weighted by Crippen LogP contribution is -2.58. The average Bonchev–Trinajstić information content (AvgIpc) is 3.01. The lowest BCUT2D eigenvalue weighted by Gasteiger charge is -2.38. The first-order chi connectivity index (χ1) is 20.5. The van der Waals surface area contributed by atoms with Crippen molar-refractivity contribution in [3.63, 3.8) is 0 Å². The second-order valence-electron chi connectivity index (χ2n) is 11.7. The van der Waals surface area contributed by atoms with E-state index in [0.29, 0.717) is 47.8 Å². The van der Waals surface area contributed by atoms with Crippen LogP contribution in [-0.2, 0) is 20.7 Å². The maximum Gasteiger partial charge on any atom is 0.298 e. The predicted molar refractivity (Wildman–Crippen MR) is 162 cm³/mol. The molecule has 2 aliphatic rings. The van der Waals surface area contributed by atoms with E-state index in [9.17, 15) is 13.2 Å². The monoisotopic (exact) mass is 621 g/mol. The molecule has 0 aromatic heterocycles. The first kappa shape index (κ1) is 33.1. The van der Waals surface area contributed by atoms with E-state index in [-0.39, 0.29) is 24.0 Å². The van der Waals surface area contributed by atoms with Gasteiger partial charge in [0.1, 0.15) is 11.5 Å². The number of unbranched alkanes of at least 4 members (excludes halogenated alkanes) is 1. The lowest BCUT2D eigenvalue weighted by molar-refractivity contribution is -0.151. The van der Waals surface area contributed by atoms with E-state index in [1.165, 1.54) is 72.7 Å². The normalized spacial score (nSPS) is 18.0. The van der Waals surface area contributed by atoms with E-state index >= 15 is 8.78 Å². The number of piperidine rings is 1. The molecule has 1 aliphatic heterocycles. The number of amides is 1. The Morgan fingerprint density at radius 2 is 1.56 bits per heavy atom. The van der Waals surface area contributed by atoms with Gasteiger partial charge in [0.25, 0.3) is 5.92 Å². The standard InChI is InChI=1S/C32H45F2N3O5S/c1-3-4-22-41-27-12-10-25(11-13-27)32(33,34)30(31(38)37-20-18-26(35)19-21-37)36(2)43(39,40)29-16-14-28(15-17-29)42-23-24-8-6-5-7-9-24/h10-17,24,26,30H,3-9,18-23,35H2,1-2H3/t30-/m0/s1. The molecule has 2 aromatic carbocycles. The van der Waals surface area contributed by atoms with Crippen molar-refractivity contribution in [3.8, 4) is 11.5 Å². The van der Waals surface area contributed by atoms with Crippen LogP contribution in [0.2, 0.25) is 0 Å². The van der Waals surface area contributed by atoms with Gasteiger partial charge in [-0.2, -0.15) is 13.1 Å². The van der Waals surface area contributed by atoms with Crippen LogP contribution in [0.5, 0.6) is 11.5 Å². The Kier molecular flexibility index (Phi) is 11.4. The summed E-state index contributed by atoms with van der Waals surface area (Å²) in [7, 11) is -3.46. The van der Waals surface area contributed by atoms with Crippen LogP contribution in [0, 0.1) is 5.92 Å². The van der Waals surface area contributed by atoms with E-state index in [2.05, 4.69) is 0 Å². The van der Waals surface area contributed by atoms with Crippen molar-refractivity contribution in [2.45, 2.75) is 87.6 Å². The molecule has 11 heteroatoms. The summed E-state index contributed by atoms with van der Waals surface area (Å²) in [4.78, 5) is 14.8. The highest BCUT2D eigenvalue weighted by molar-refractivity contribution is 7.89. The topological polar surface area (TPSA) is 102 Å². The molecule has 1 saturated carbocycles. The second kappa shape index (κ2) is 14.8. The molecular formula is C32H45F2N3O5S. The van der Waals surface area contributed by atoms with Crippen LogP contribution in [0.15, 0.2) is 53.4 Å². The van der Waals surface area contributed by atoms with Crippen molar-refractivity contribution in [2.24, 2.45) is 11.7 Å². The largest absolute Gasteiger partial charge is 0.494 e. The number of likely N-dealkylation sites (tertiary alicyclic amines) is 1. The molecule has 0 unspecified atom stereocenters. The summed E-state index contributed by atoms with van der Waals surface area (Å²) in [5, 5.41) is 0. The van der Waals surface area contributed by atoms with Gasteiger partial charge in [0.15, 0.2) is 6.04 Å². The van der Waals surface area contributed by atoms with Crippen LogP contribution in [0.4, 0.5) is 8.78 Å². The minimum Gasteiger partial charge on any atom is -0.494 e. The van der Waals surface area contributed by atoms with Crippen LogP contribution >= 0.6 is 0 Å². The van der Waals surface area contributed by atoms with E-state index in [1.54, 1.807) is 0 Å². The number of carbonyl (C=O) groups excluding carboxylic acids is 1. The van der Waals surface area contributed by atoms with Crippen LogP contribution in [0.3, 0.4) is 0 Å². The van der Waals surface area contributed by atoms with Gasteiger partial charge < -0.3 is 20.1 Å². The SMILES string of the molecule is CCCCOc1ccc(C(F)(F)[C@H](C(=O)N2CCC(N)CC2)N(C)S(=O)(=O)c2ccc(OCC3CCCCC3)cc2)cc1. The molecule has 1 amide bonds. The van der Waals surface area contributed by atoms with Gasteiger partial charge in [-0.25, -0.2) is 8.42 Å². The zero-order chi connectivity index (χ0) is 31.0. The Labute approximate surface area is 254 Å². The third-order valence-electron chi connectivity index (χ3n) is 8.51. The molecular weight excluding hydrogens is 576 g/mol. The summed E-state index contributed by atoms with van der Waals surface area (Å²) in [6, 6.07) is 8.50. The Bertz CT molecular complexity index is 1280. The van der Waals surface area contributed by atoms with Crippen molar-refractivity contribution >= 4 is 15.9 Å². The summed E-state index contributed by atoms with van der Waals surface area (Å²) < 4.78 is 72.2. The molecule has 0 spiro atoms. The summed E-state index contributed by atoms with van der Waals surface area (Å²) in [6.07, 6.45) is 8.48. The number of likely N-dealkylation sites (N-methyl/N-ethyl adjacent to an activating group) is 1. The van der Waals surface area contributed by atoms with E-state index in [0.717, 1.165) is 32.7 Å². The number of benzene rings is 2. The fourth-order valence-corrected chi connectivity index (χ4v) is 6.99. The molecule has 0 radical (unpaired) electrons. The summed E-state index contributed by atoms with van der Waals surface area (Å²) in [5.41, 5.74) is 5.50. The van der Waals surface area contributed by atoms with Gasteiger partial charge >= 0.3 is 0 Å². The number of carbonyl (C=O) groups is 1. The molecule has 2 N–H and O–H groups in total. The second-order valence-corrected chi connectivity index (χ2v) is 13.7. The van der Waals surface area contributed by atoms with Gasteiger partial charge in [-0.1, -0.05) is 32.6 Å². The Morgan fingerprint density at radius 3 is 2.16 bits per heavy atom. The third-order valence-corrected chi connectivity index (χ3v) is 10.3. The number of alkyl halides is 2. The maximum atomic E-state index is 16.3. The highest BCUT2D eigenvalue weighted by Gasteiger charge is 2.53. The van der Waals surface area contributed by atoms with Gasteiger partial charge in [0.05, 0.1) is 18.1 Å². The fourth-order valence-electron chi connectivity index (χ4n) is 5.68. The van der Waals surface area contributed by atoms with Crippen molar-refractivity contribution in [1.29, 1.82) is 0 Å². The van der Waals surface area contributed by atoms with Crippen molar-refractivity contribution in [1.82, 2.24) is 9.21 Å². The number of rotatable bonds is 13. The molecule has 0 bridgehead atoms. The molecule has 43 heavy (non-hydrogen) atoms. The van der Waals surface area contributed by atoms with Crippen molar-refractivity contribution in [3.05, 3.63) is 54.1 Å². The molecule has 4 rings (SSSR count). The Balaban J connectivity index is 1.57. The number of ether oxygens (including phenoxy) is 2. The molecule has 238 valence electrons. The molecule has 8 nitrogen and oxygen atoms in total. The number of nitrogens with zero attached hydrogens (tertiary/aromatic N) is 2. The smallest absolute Gasteiger partial charge is 0.298 e. The number of halogens is 2. The maximum absolute atomic E-state index is 16.3. The minimum absolute atomic E-state index is 0.136. The summed E-state index contributed by atoms with van der Waals surface area (Å²) >= 11 is 0. The number of hydrogen-bond donors (Lipinski definition) is 1. The number of nitrogens with two attached hydrogens (primary N) is 1. The molecule has 2 fully saturated rings. The van der Waals surface area contributed by atoms with E-state index in [4.69, 9.17) is 15.2 Å². The first-order valence-electron chi connectivity index (χ1n) is 15.4. The van der Waals surface area contributed by atoms with Gasteiger partial charge in [-0.3, -0.25) is 4.79 Å². The van der Waals surface area contributed by atoms with E-state index < -0.39 is 33.5 Å². The highest BCUT2D eigenvalue weighted by atomic mass is 32.2. The molecule has 1 heterocycles. The van der Waals surface area contributed by atoms with Crippen molar-refractivity contribution < 1.29 is 31.5 Å². The number of sulfonamides is 1. The summed E-state index contributed by atoms with van der Waals surface area (Å²) in [6.45, 7) is 3.38. The van der Waals surface area contributed by atoms with Gasteiger partial charge in [-0.15, -0.1) is 0 Å². The van der Waals surface area contributed by atoms with Gasteiger partial charge in [-0.05, 0) is 86.6 Å². The zero-order valence-corrected chi connectivity index (χ0v) is 26.0. The van der Waals surface area contributed by atoms with Gasteiger partial charge in [0.2, 0.25) is 15.9 Å². The van der Waals surface area contributed by atoms with Gasteiger partial charge in [0, 0.05) is 31.7 Å². The molecule has 2 aromatic rings. The molecule has 1 saturated heterocycles. The van der Waals surface area contributed by atoms with Crippen LogP contribution in [0.25, 0.3) is 0 Å². The predicted octanol–water partition coefficient (Wildman–Crippen LogP) is 5.56. The Hall–Kier alpha value is -2.76. The Morgan fingerprint density at radius 1 is 0.977 bits per heavy atom. The quantitative estimate of drug-likeness (QED) is 0.294.